The molecule has 0 N–H and O–H groups in total. The van der Waals surface area contributed by atoms with Crippen molar-refractivity contribution < 1.29 is 9.63 Å². The number of benzene rings is 2. The summed E-state index contributed by atoms with van der Waals surface area (Å²) in [5.74, 6) is 0.436. The molecule has 2 aromatic carbocycles. The summed E-state index contributed by atoms with van der Waals surface area (Å²) in [6, 6.07) is 12.9. The lowest BCUT2D eigenvalue weighted by molar-refractivity contribution is 0.0516. The van der Waals surface area contributed by atoms with Crippen molar-refractivity contribution in [2.45, 2.75) is 18.2 Å². The number of aryl methyl sites for hydroxylation is 1. The van der Waals surface area contributed by atoms with Crippen LogP contribution in [0.5, 0.6) is 0 Å². The summed E-state index contributed by atoms with van der Waals surface area (Å²) in [6.07, 6.45) is 0.782. The van der Waals surface area contributed by atoms with Crippen molar-refractivity contribution in [3.8, 4) is 0 Å². The molecule has 0 aromatic heterocycles. The highest BCUT2D eigenvalue weighted by Gasteiger charge is 2.17. The Kier molecular flexibility index (Phi) is 4.50. The Morgan fingerprint density at radius 1 is 1.27 bits per heavy atom. The lowest BCUT2D eigenvalue weighted by atomic mass is 10.1. The minimum Gasteiger partial charge on any atom is -0.313 e. The van der Waals surface area contributed by atoms with Crippen molar-refractivity contribution in [1.29, 1.82) is 0 Å². The van der Waals surface area contributed by atoms with E-state index in [0.29, 0.717) is 10.6 Å². The van der Waals surface area contributed by atoms with Gasteiger partial charge in [0, 0.05) is 27.7 Å². The van der Waals surface area contributed by atoms with Gasteiger partial charge in [-0.25, -0.2) is 4.79 Å². The van der Waals surface area contributed by atoms with Crippen LogP contribution in [0.3, 0.4) is 0 Å². The first kappa shape index (κ1) is 15.1. The van der Waals surface area contributed by atoms with Crippen LogP contribution in [0.25, 0.3) is 0 Å². The molecule has 3 nitrogen and oxygen atoms in total. The number of rotatable bonds is 2. The van der Waals surface area contributed by atoms with Gasteiger partial charge in [0.05, 0.1) is 11.3 Å². The van der Waals surface area contributed by atoms with E-state index in [9.17, 15) is 4.79 Å². The molecule has 0 spiro atoms. The maximum atomic E-state index is 12.0. The van der Waals surface area contributed by atoms with Crippen LogP contribution < -0.4 is 0 Å². The summed E-state index contributed by atoms with van der Waals surface area (Å²) in [4.78, 5) is 18.3. The summed E-state index contributed by atoms with van der Waals surface area (Å²) in [5, 5.41) is 4.58. The van der Waals surface area contributed by atoms with Crippen molar-refractivity contribution in [3.63, 3.8) is 0 Å². The van der Waals surface area contributed by atoms with Gasteiger partial charge < -0.3 is 4.84 Å². The van der Waals surface area contributed by atoms with Gasteiger partial charge >= 0.3 is 5.97 Å². The highest BCUT2D eigenvalue weighted by molar-refractivity contribution is 7.99. The van der Waals surface area contributed by atoms with Crippen molar-refractivity contribution in [2.24, 2.45) is 5.16 Å². The van der Waals surface area contributed by atoms with E-state index >= 15 is 0 Å². The summed E-state index contributed by atoms with van der Waals surface area (Å²) in [6.45, 7) is 2.04. The zero-order valence-electron chi connectivity index (χ0n) is 12.0. The van der Waals surface area contributed by atoms with Crippen LogP contribution in [-0.4, -0.2) is 17.4 Å². The molecule has 2 aromatic rings. The van der Waals surface area contributed by atoms with Crippen LogP contribution in [0.2, 0.25) is 5.02 Å². The predicted octanol–water partition coefficient (Wildman–Crippen LogP) is 4.71. The average Bonchev–Trinajstić information content (AvgIpc) is 2.52. The van der Waals surface area contributed by atoms with E-state index < -0.39 is 5.97 Å². The van der Waals surface area contributed by atoms with Crippen molar-refractivity contribution in [1.82, 2.24) is 0 Å². The van der Waals surface area contributed by atoms with E-state index in [1.54, 1.807) is 36.0 Å². The lowest BCUT2D eigenvalue weighted by Crippen LogP contribution is -2.12. The zero-order chi connectivity index (χ0) is 15.5. The molecule has 22 heavy (non-hydrogen) atoms. The van der Waals surface area contributed by atoms with E-state index in [1.165, 1.54) is 4.90 Å². The molecule has 0 saturated heterocycles. The number of thioether (sulfide) groups is 1. The minimum atomic E-state index is -0.498. The molecule has 0 fully saturated rings. The molecular weight excluding hydrogens is 318 g/mol. The third kappa shape index (κ3) is 3.34. The maximum Gasteiger partial charge on any atom is 0.365 e. The molecule has 0 atom stereocenters. The quantitative estimate of drug-likeness (QED) is 0.591. The number of oxime groups is 1. The number of carbonyl (C=O) groups excluding carboxylic acids is 1. The third-order valence-electron chi connectivity index (χ3n) is 3.34. The van der Waals surface area contributed by atoms with Crippen LogP contribution in [0.4, 0.5) is 0 Å². The summed E-state index contributed by atoms with van der Waals surface area (Å²) >= 11 is 7.67. The predicted molar refractivity (Wildman–Crippen MR) is 89.9 cm³/mol. The van der Waals surface area contributed by atoms with Gasteiger partial charge in [-0.05, 0) is 37.3 Å². The molecule has 0 aliphatic carbocycles. The molecule has 112 valence electrons. The molecule has 0 amide bonds. The Morgan fingerprint density at radius 2 is 2.14 bits per heavy atom. The SMILES string of the molecule is Cc1ccc2c(c1)C(=NOC(=O)c1cccc(Cl)c1)CCS2. The normalized spacial score (nSPS) is 15.5. The smallest absolute Gasteiger partial charge is 0.313 e. The number of fused-ring (bicyclic) bond motifs is 1. The number of hydrogen-bond donors (Lipinski definition) is 0. The largest absolute Gasteiger partial charge is 0.365 e. The van der Waals surface area contributed by atoms with Gasteiger partial charge in [-0.2, -0.15) is 0 Å². The van der Waals surface area contributed by atoms with E-state index in [0.717, 1.165) is 29.0 Å². The highest BCUT2D eigenvalue weighted by Crippen LogP contribution is 2.31. The lowest BCUT2D eigenvalue weighted by Gasteiger charge is -2.17. The fourth-order valence-electron chi connectivity index (χ4n) is 2.25. The van der Waals surface area contributed by atoms with Gasteiger partial charge in [-0.15, -0.1) is 11.8 Å². The molecule has 0 radical (unpaired) electrons. The van der Waals surface area contributed by atoms with Gasteiger partial charge in [0.2, 0.25) is 0 Å². The topological polar surface area (TPSA) is 38.7 Å². The van der Waals surface area contributed by atoms with Crippen LogP contribution in [0, 0.1) is 6.92 Å². The first-order valence-corrected chi connectivity index (χ1v) is 8.27. The Hall–Kier alpha value is -1.78. The summed E-state index contributed by atoms with van der Waals surface area (Å²) in [5.41, 5.74) is 3.42. The van der Waals surface area contributed by atoms with E-state index in [1.807, 2.05) is 6.92 Å². The first-order chi connectivity index (χ1) is 10.6. The molecule has 0 unspecified atom stereocenters. The van der Waals surface area contributed by atoms with E-state index in [-0.39, 0.29) is 0 Å². The van der Waals surface area contributed by atoms with E-state index in [2.05, 4.69) is 23.4 Å². The number of halogens is 1. The highest BCUT2D eigenvalue weighted by atomic mass is 35.5. The Balaban J connectivity index is 1.82. The number of carbonyl (C=O) groups is 1. The monoisotopic (exact) mass is 331 g/mol. The standard InChI is InChI=1S/C17H14ClNO2S/c1-11-5-6-16-14(9-11)15(7-8-22-16)19-21-17(20)12-3-2-4-13(18)10-12/h2-6,9-10H,7-8H2,1H3. The van der Waals surface area contributed by atoms with Gasteiger partial charge in [0.15, 0.2) is 0 Å². The second-order valence-electron chi connectivity index (χ2n) is 5.03. The number of nitrogens with zero attached hydrogens (tertiary/aromatic N) is 1. The van der Waals surface area contributed by atoms with Gasteiger partial charge in [0.1, 0.15) is 0 Å². The Labute approximate surface area is 138 Å². The Bertz CT molecular complexity index is 758. The first-order valence-electron chi connectivity index (χ1n) is 6.91. The second kappa shape index (κ2) is 6.55. The molecule has 0 saturated carbocycles. The van der Waals surface area contributed by atoms with Gasteiger partial charge in [-0.1, -0.05) is 34.5 Å². The van der Waals surface area contributed by atoms with Crippen LogP contribution in [0.1, 0.15) is 27.9 Å². The Morgan fingerprint density at radius 3 is 2.95 bits per heavy atom. The minimum absolute atomic E-state index is 0.395. The van der Waals surface area contributed by atoms with Gasteiger partial charge in [0.25, 0.3) is 0 Å². The zero-order valence-corrected chi connectivity index (χ0v) is 13.6. The fourth-order valence-corrected chi connectivity index (χ4v) is 3.45. The van der Waals surface area contributed by atoms with Gasteiger partial charge in [-0.3, -0.25) is 0 Å². The fraction of sp³-hybridized carbons (Fsp3) is 0.176. The van der Waals surface area contributed by atoms with Crippen LogP contribution in [0.15, 0.2) is 52.5 Å². The third-order valence-corrected chi connectivity index (χ3v) is 4.65. The van der Waals surface area contributed by atoms with Crippen molar-refractivity contribution in [3.05, 3.63) is 64.2 Å². The molecule has 0 bridgehead atoms. The average molecular weight is 332 g/mol. The number of hydrogen-bond acceptors (Lipinski definition) is 4. The molecule has 1 aliphatic rings. The van der Waals surface area contributed by atoms with E-state index in [4.69, 9.17) is 16.4 Å². The van der Waals surface area contributed by atoms with Crippen molar-refractivity contribution >= 4 is 35.0 Å². The second-order valence-corrected chi connectivity index (χ2v) is 6.60. The summed E-state index contributed by atoms with van der Waals surface area (Å²) in [7, 11) is 0. The molecule has 1 heterocycles. The summed E-state index contributed by atoms with van der Waals surface area (Å²) < 4.78 is 0. The molecule has 5 heteroatoms. The van der Waals surface area contributed by atoms with Crippen molar-refractivity contribution in [2.75, 3.05) is 5.75 Å². The maximum absolute atomic E-state index is 12.0. The molecular formula is C17H14ClNO2S. The molecule has 3 rings (SSSR count). The van der Waals surface area contributed by atoms with Crippen LogP contribution >= 0.6 is 23.4 Å². The molecule has 1 aliphatic heterocycles. The van der Waals surface area contributed by atoms with Crippen LogP contribution in [-0.2, 0) is 4.84 Å².